The van der Waals surface area contributed by atoms with Crippen molar-refractivity contribution in [3.63, 3.8) is 0 Å². The highest BCUT2D eigenvalue weighted by Crippen LogP contribution is 2.37. The topological polar surface area (TPSA) is 45.6 Å². The average Bonchev–Trinajstić information content (AvgIpc) is 2.87. The van der Waals surface area contributed by atoms with Crippen molar-refractivity contribution in [2.45, 2.75) is 29.9 Å². The number of likely N-dealkylation sites (N-methyl/N-ethyl adjacent to an activating group) is 1. The smallest absolute Gasteiger partial charge is 0.281 e. The molecule has 0 fully saturated rings. The maximum atomic E-state index is 14.2. The van der Waals surface area contributed by atoms with Gasteiger partial charge in [-0.1, -0.05) is 32.2 Å². The molecule has 0 spiro atoms. The van der Waals surface area contributed by atoms with E-state index in [1.54, 1.807) is 31.6 Å². The van der Waals surface area contributed by atoms with Gasteiger partial charge in [-0.15, -0.1) is 11.8 Å². The van der Waals surface area contributed by atoms with Gasteiger partial charge < -0.3 is 4.90 Å². The number of aliphatic imine (C=N–C) groups is 1. The summed E-state index contributed by atoms with van der Waals surface area (Å²) >= 11 is -0.512. The van der Waals surface area contributed by atoms with E-state index in [1.165, 1.54) is 11.1 Å². The molecule has 0 radical (unpaired) electrons. The van der Waals surface area contributed by atoms with Crippen LogP contribution in [-0.4, -0.2) is 43.4 Å². The lowest BCUT2D eigenvalue weighted by atomic mass is 9.96. The summed E-state index contributed by atoms with van der Waals surface area (Å²) in [6.45, 7) is 1.92. The molecule has 0 N–H and O–H groups in total. The lowest BCUT2D eigenvalue weighted by Gasteiger charge is -2.21. The highest BCUT2D eigenvalue weighted by molar-refractivity contribution is 14.2. The predicted octanol–water partition coefficient (Wildman–Crippen LogP) is 4.82. The molecule has 0 bridgehead atoms. The second-order valence-electron chi connectivity index (χ2n) is 6.11. The van der Waals surface area contributed by atoms with Gasteiger partial charge in [0.05, 0.1) is 16.9 Å². The van der Waals surface area contributed by atoms with Gasteiger partial charge in [0.1, 0.15) is 0 Å². The Morgan fingerprint density at radius 2 is 2.30 bits per heavy atom. The molecular formula is C18H21F3IN3OS. The van der Waals surface area contributed by atoms with Gasteiger partial charge in [-0.05, 0) is 30.9 Å². The Morgan fingerprint density at radius 3 is 2.89 bits per heavy atom. The van der Waals surface area contributed by atoms with E-state index in [0.29, 0.717) is 29.1 Å². The molecule has 1 aromatic rings. The molecule has 2 unspecified atom stereocenters. The fourth-order valence-electron chi connectivity index (χ4n) is 2.41. The van der Waals surface area contributed by atoms with Gasteiger partial charge in [0, 0.05) is 30.8 Å². The van der Waals surface area contributed by atoms with Crippen molar-refractivity contribution >= 4 is 53.6 Å². The number of anilines is 1. The molecule has 0 aromatic carbocycles. The standard InChI is InChI=1S/C18H21F3IN3OS/c1-12-6-7-15(27-11-18(21,22-2)17(19)20)24-10-14(12)16(26)25(3)13-5-4-8-23-9-13/h4-5,8-10,12,17H,2,6-7,11H2,1,3H3. The SMILES string of the molecule is C=IC(F)(CSC1=NC=C(C(=O)N(C)c2cccnc2)C(C)CC1)C(F)F. The van der Waals surface area contributed by atoms with Crippen molar-refractivity contribution in [3.8, 4) is 0 Å². The summed E-state index contributed by atoms with van der Waals surface area (Å²) in [6, 6.07) is 3.53. The number of carbonyl (C=O) groups is 1. The number of thioether (sulfide) groups is 1. The van der Waals surface area contributed by atoms with Gasteiger partial charge >= 0.3 is 0 Å². The third-order valence-corrected chi connectivity index (χ3v) is 8.07. The third kappa shape index (κ3) is 5.63. The van der Waals surface area contributed by atoms with E-state index in [1.807, 2.05) is 6.92 Å². The first-order valence-corrected chi connectivity index (χ1v) is 11.8. The van der Waals surface area contributed by atoms with E-state index in [9.17, 15) is 18.0 Å². The van der Waals surface area contributed by atoms with Crippen LogP contribution in [0.3, 0.4) is 0 Å². The molecule has 148 valence electrons. The van der Waals surface area contributed by atoms with Gasteiger partial charge in [0.2, 0.25) is 3.68 Å². The highest BCUT2D eigenvalue weighted by Gasteiger charge is 2.38. The van der Waals surface area contributed by atoms with Crippen molar-refractivity contribution in [3.05, 3.63) is 36.3 Å². The van der Waals surface area contributed by atoms with Gasteiger partial charge in [-0.25, -0.2) is 13.2 Å². The number of hydrogen-bond donors (Lipinski definition) is 0. The van der Waals surface area contributed by atoms with Crippen LogP contribution >= 0.6 is 32.5 Å². The fourth-order valence-corrected chi connectivity index (χ4v) is 4.82. The lowest BCUT2D eigenvalue weighted by Crippen LogP contribution is -2.30. The maximum absolute atomic E-state index is 14.2. The summed E-state index contributed by atoms with van der Waals surface area (Å²) in [5, 5.41) is 0.564. The molecule has 1 aliphatic rings. The summed E-state index contributed by atoms with van der Waals surface area (Å²) in [4.78, 5) is 22.6. The van der Waals surface area contributed by atoms with E-state index < -0.39 is 30.8 Å². The number of aromatic nitrogens is 1. The Balaban J connectivity index is 2.13. The fraction of sp³-hybridized carbons (Fsp3) is 0.444. The van der Waals surface area contributed by atoms with E-state index in [-0.39, 0.29) is 17.6 Å². The van der Waals surface area contributed by atoms with Crippen molar-refractivity contribution < 1.29 is 18.0 Å². The van der Waals surface area contributed by atoms with Gasteiger partial charge in [-0.3, -0.25) is 14.8 Å². The predicted molar refractivity (Wildman–Crippen MR) is 115 cm³/mol. The highest BCUT2D eigenvalue weighted by atomic mass is 127. The Hall–Kier alpha value is -1.23. The van der Waals surface area contributed by atoms with E-state index in [4.69, 9.17) is 0 Å². The monoisotopic (exact) mass is 511 g/mol. The molecule has 27 heavy (non-hydrogen) atoms. The van der Waals surface area contributed by atoms with E-state index >= 15 is 0 Å². The Kier molecular flexibility index (Phi) is 8.02. The summed E-state index contributed by atoms with van der Waals surface area (Å²) in [5.41, 5.74) is 1.19. The summed E-state index contributed by atoms with van der Waals surface area (Å²) in [7, 11) is 1.66. The van der Waals surface area contributed by atoms with Crippen molar-refractivity contribution in [1.82, 2.24) is 4.98 Å². The number of pyridine rings is 1. The van der Waals surface area contributed by atoms with E-state index in [2.05, 4.69) is 14.5 Å². The number of nitrogens with zero attached hydrogens (tertiary/aromatic N) is 3. The number of halogens is 4. The normalized spacial score (nSPS) is 19.7. The molecule has 2 rings (SSSR count). The number of alkyl halides is 4. The first kappa shape index (κ1) is 22.1. The van der Waals surface area contributed by atoms with Crippen LogP contribution in [0.4, 0.5) is 18.9 Å². The number of rotatable bonds is 6. The average molecular weight is 511 g/mol. The van der Waals surface area contributed by atoms with Crippen molar-refractivity contribution in [2.75, 3.05) is 17.7 Å². The van der Waals surface area contributed by atoms with Crippen LogP contribution in [0.2, 0.25) is 0 Å². The minimum Gasteiger partial charge on any atom is -0.310 e. The molecule has 1 aliphatic heterocycles. The summed E-state index contributed by atoms with van der Waals surface area (Å²) in [6.07, 6.45) is 2.82. The molecule has 2 atom stereocenters. The zero-order valence-corrected chi connectivity index (χ0v) is 18.0. The molecule has 0 aliphatic carbocycles. The number of amides is 1. The molecule has 4 nitrogen and oxygen atoms in total. The van der Waals surface area contributed by atoms with E-state index in [0.717, 1.165) is 11.8 Å². The Morgan fingerprint density at radius 1 is 1.56 bits per heavy atom. The summed E-state index contributed by atoms with van der Waals surface area (Å²) < 4.78 is 40.8. The Labute approximate surface area is 171 Å². The molecule has 1 amide bonds. The van der Waals surface area contributed by atoms with Crippen LogP contribution in [0.5, 0.6) is 0 Å². The van der Waals surface area contributed by atoms with Gasteiger partial charge in [-0.2, -0.15) is 0 Å². The second-order valence-corrected chi connectivity index (χ2v) is 9.71. The molecule has 0 saturated carbocycles. The maximum Gasteiger partial charge on any atom is 0.281 e. The van der Waals surface area contributed by atoms with Gasteiger partial charge in [0.15, 0.2) is 0 Å². The third-order valence-electron chi connectivity index (χ3n) is 4.23. The van der Waals surface area contributed by atoms with Crippen LogP contribution in [-0.2, 0) is 4.79 Å². The van der Waals surface area contributed by atoms with Gasteiger partial charge in [0.25, 0.3) is 12.3 Å². The number of hydrogen-bond acceptors (Lipinski definition) is 4. The van der Waals surface area contributed by atoms with Crippen LogP contribution in [0.25, 0.3) is 0 Å². The van der Waals surface area contributed by atoms with Crippen LogP contribution in [0, 0.1) is 5.92 Å². The largest absolute Gasteiger partial charge is 0.310 e. The minimum absolute atomic E-state index is 0.0519. The first-order chi connectivity index (χ1) is 12.8. The Bertz CT molecular complexity index is 745. The molecular weight excluding hydrogens is 490 g/mol. The molecule has 9 heteroatoms. The quantitative estimate of drug-likeness (QED) is 0.407. The molecule has 0 saturated heterocycles. The van der Waals surface area contributed by atoms with Crippen LogP contribution < -0.4 is 4.90 Å². The zero-order chi connectivity index (χ0) is 20.0. The lowest BCUT2D eigenvalue weighted by molar-refractivity contribution is -0.115. The molecule has 1 aromatic heterocycles. The van der Waals surface area contributed by atoms with Crippen LogP contribution in [0.1, 0.15) is 19.8 Å². The molecule has 2 heterocycles. The van der Waals surface area contributed by atoms with Crippen molar-refractivity contribution in [1.29, 1.82) is 0 Å². The zero-order valence-electron chi connectivity index (χ0n) is 15.0. The number of carbonyl (C=O) groups excluding carboxylic acids is 1. The second kappa shape index (κ2) is 9.81. The summed E-state index contributed by atoms with van der Waals surface area (Å²) in [5.74, 6) is -0.605. The van der Waals surface area contributed by atoms with Crippen molar-refractivity contribution in [2.24, 2.45) is 10.9 Å². The minimum atomic E-state index is -3.04. The van der Waals surface area contributed by atoms with Crippen LogP contribution in [0.15, 0.2) is 41.3 Å². The first-order valence-electron chi connectivity index (χ1n) is 8.22.